The van der Waals surface area contributed by atoms with Crippen LogP contribution in [-0.2, 0) is 9.53 Å². The Morgan fingerprint density at radius 2 is 2.07 bits per heavy atom. The topological polar surface area (TPSA) is 49.8 Å². The molecular weight excluding hydrogens is 203 g/mol. The van der Waals surface area contributed by atoms with Crippen molar-refractivity contribution in [2.45, 2.75) is 12.3 Å². The minimum atomic E-state index is -4.90. The first-order valence-corrected chi connectivity index (χ1v) is 3.78. The van der Waals surface area contributed by atoms with E-state index in [1.165, 1.54) is 7.11 Å². The lowest BCUT2D eigenvalue weighted by Gasteiger charge is -2.21. The fourth-order valence-electron chi connectivity index (χ4n) is 0.861. The van der Waals surface area contributed by atoms with Crippen LogP contribution in [0.1, 0.15) is 0 Å². The summed E-state index contributed by atoms with van der Waals surface area (Å²) in [5, 5.41) is 9.05. The molecule has 1 amide bonds. The van der Waals surface area contributed by atoms with E-state index in [0.29, 0.717) is 4.90 Å². The molecule has 0 spiro atoms. The maximum atomic E-state index is 11.8. The monoisotopic (exact) mass is 215 g/mol. The second kappa shape index (κ2) is 5.16. The van der Waals surface area contributed by atoms with Crippen LogP contribution in [0.25, 0.3) is 0 Å². The van der Waals surface area contributed by atoms with Crippen LogP contribution in [-0.4, -0.2) is 55.5 Å². The number of carbonyl (C=O) groups is 1. The summed E-state index contributed by atoms with van der Waals surface area (Å²) in [6.07, 6.45) is -6.02. The number of rotatable bonds is 4. The van der Waals surface area contributed by atoms with Gasteiger partial charge >= 0.3 is 12.1 Å². The zero-order valence-corrected chi connectivity index (χ0v) is 7.84. The van der Waals surface area contributed by atoms with Gasteiger partial charge in [-0.3, -0.25) is 4.79 Å². The maximum Gasteiger partial charge on any atom is 0.471 e. The molecule has 0 aliphatic carbocycles. The van der Waals surface area contributed by atoms with E-state index in [1.807, 2.05) is 0 Å². The standard InChI is InChI=1S/C7H12F3NO3/c1-11(3-5(12)4-14-2)6(13)7(8,9)10/h5,12H,3-4H2,1-2H3. The van der Waals surface area contributed by atoms with E-state index in [2.05, 4.69) is 4.74 Å². The Morgan fingerprint density at radius 3 is 2.43 bits per heavy atom. The lowest BCUT2D eigenvalue weighted by atomic mass is 10.3. The smallest absolute Gasteiger partial charge is 0.389 e. The summed E-state index contributed by atoms with van der Waals surface area (Å²) in [5.74, 6) is -1.98. The number of carbonyl (C=O) groups excluding carboxylic acids is 1. The van der Waals surface area contributed by atoms with Crippen molar-refractivity contribution in [3.63, 3.8) is 0 Å². The van der Waals surface area contributed by atoms with E-state index in [1.54, 1.807) is 0 Å². The predicted octanol–water partition coefficient (Wildman–Crippen LogP) is 0.0144. The van der Waals surface area contributed by atoms with Gasteiger partial charge in [-0.15, -0.1) is 0 Å². The van der Waals surface area contributed by atoms with E-state index in [4.69, 9.17) is 5.11 Å². The van der Waals surface area contributed by atoms with Crippen LogP contribution in [0.2, 0.25) is 0 Å². The minimum absolute atomic E-state index is 0.116. The number of amides is 1. The fraction of sp³-hybridized carbons (Fsp3) is 0.857. The first kappa shape index (κ1) is 13.2. The molecule has 0 aromatic rings. The highest BCUT2D eigenvalue weighted by Gasteiger charge is 2.41. The number of aliphatic hydroxyl groups is 1. The van der Waals surface area contributed by atoms with Crippen molar-refractivity contribution >= 4 is 5.91 Å². The highest BCUT2D eigenvalue weighted by molar-refractivity contribution is 5.81. The number of likely N-dealkylation sites (N-methyl/N-ethyl adjacent to an activating group) is 1. The van der Waals surface area contributed by atoms with Crippen molar-refractivity contribution in [1.82, 2.24) is 4.90 Å². The van der Waals surface area contributed by atoms with Crippen molar-refractivity contribution in [2.24, 2.45) is 0 Å². The lowest BCUT2D eigenvalue weighted by Crippen LogP contribution is -2.43. The SMILES string of the molecule is COCC(O)CN(C)C(=O)C(F)(F)F. The fourth-order valence-corrected chi connectivity index (χ4v) is 0.861. The first-order valence-electron chi connectivity index (χ1n) is 3.78. The third-order valence-electron chi connectivity index (χ3n) is 1.43. The molecule has 0 aliphatic heterocycles. The molecule has 1 N–H and O–H groups in total. The van der Waals surface area contributed by atoms with Gasteiger partial charge in [0.2, 0.25) is 0 Å². The van der Waals surface area contributed by atoms with Gasteiger partial charge < -0.3 is 14.7 Å². The number of alkyl halides is 3. The van der Waals surface area contributed by atoms with Crippen molar-refractivity contribution in [1.29, 1.82) is 0 Å². The van der Waals surface area contributed by atoms with Crippen LogP contribution in [0.5, 0.6) is 0 Å². The van der Waals surface area contributed by atoms with E-state index in [0.717, 1.165) is 7.05 Å². The molecule has 0 aromatic carbocycles. The Balaban J connectivity index is 4.08. The van der Waals surface area contributed by atoms with Gasteiger partial charge in [-0.05, 0) is 0 Å². The van der Waals surface area contributed by atoms with E-state index in [-0.39, 0.29) is 6.61 Å². The Bertz CT molecular complexity index is 195. The number of halogens is 3. The van der Waals surface area contributed by atoms with Crippen molar-refractivity contribution in [2.75, 3.05) is 27.3 Å². The minimum Gasteiger partial charge on any atom is -0.389 e. The molecule has 0 fully saturated rings. The van der Waals surface area contributed by atoms with Crippen LogP contribution in [0, 0.1) is 0 Å². The van der Waals surface area contributed by atoms with Crippen LogP contribution in [0.3, 0.4) is 0 Å². The van der Waals surface area contributed by atoms with Crippen molar-refractivity contribution < 1.29 is 27.8 Å². The number of nitrogens with zero attached hydrogens (tertiary/aromatic N) is 1. The van der Waals surface area contributed by atoms with Crippen LogP contribution in [0.15, 0.2) is 0 Å². The molecule has 0 radical (unpaired) electrons. The molecule has 14 heavy (non-hydrogen) atoms. The van der Waals surface area contributed by atoms with Gasteiger partial charge in [0.05, 0.1) is 12.7 Å². The van der Waals surface area contributed by atoms with Gasteiger partial charge in [0.15, 0.2) is 0 Å². The number of methoxy groups -OCH3 is 1. The molecule has 1 atom stereocenters. The quantitative estimate of drug-likeness (QED) is 0.719. The Hall–Kier alpha value is -0.820. The van der Waals surface area contributed by atoms with Crippen LogP contribution >= 0.6 is 0 Å². The Morgan fingerprint density at radius 1 is 1.57 bits per heavy atom. The molecule has 0 saturated carbocycles. The van der Waals surface area contributed by atoms with Crippen molar-refractivity contribution in [3.05, 3.63) is 0 Å². The largest absolute Gasteiger partial charge is 0.471 e. The summed E-state index contributed by atoms with van der Waals surface area (Å²) in [6.45, 7) is -0.526. The second-order valence-corrected chi connectivity index (χ2v) is 2.79. The molecule has 0 heterocycles. The van der Waals surface area contributed by atoms with Gasteiger partial charge in [0.25, 0.3) is 0 Å². The normalized spacial score (nSPS) is 13.9. The molecule has 0 aliphatic rings. The number of aliphatic hydroxyl groups excluding tert-OH is 1. The predicted molar refractivity (Wildman–Crippen MR) is 41.6 cm³/mol. The average molecular weight is 215 g/mol. The summed E-state index contributed by atoms with van der Waals surface area (Å²) in [4.78, 5) is 11.0. The van der Waals surface area contributed by atoms with Gasteiger partial charge in [-0.25, -0.2) is 0 Å². The zero-order chi connectivity index (χ0) is 11.4. The first-order chi connectivity index (χ1) is 6.29. The second-order valence-electron chi connectivity index (χ2n) is 2.79. The van der Waals surface area contributed by atoms with Gasteiger partial charge in [0, 0.05) is 20.7 Å². The number of ether oxygens (including phenoxy) is 1. The number of hydrogen-bond acceptors (Lipinski definition) is 3. The molecular formula is C7H12F3NO3. The Kier molecular flexibility index (Phi) is 4.86. The molecule has 4 nitrogen and oxygen atoms in total. The van der Waals surface area contributed by atoms with Gasteiger partial charge in [0.1, 0.15) is 0 Å². The lowest BCUT2D eigenvalue weighted by molar-refractivity contribution is -0.185. The molecule has 0 rings (SSSR count). The van der Waals surface area contributed by atoms with Gasteiger partial charge in [-0.2, -0.15) is 13.2 Å². The molecule has 84 valence electrons. The van der Waals surface area contributed by atoms with Crippen LogP contribution < -0.4 is 0 Å². The van der Waals surface area contributed by atoms with Crippen molar-refractivity contribution in [3.8, 4) is 0 Å². The molecule has 0 aromatic heterocycles. The summed E-state index contributed by atoms with van der Waals surface area (Å²) in [5.41, 5.74) is 0. The summed E-state index contributed by atoms with van der Waals surface area (Å²) >= 11 is 0. The molecule has 7 heteroatoms. The molecule has 0 bridgehead atoms. The maximum absolute atomic E-state index is 11.8. The summed E-state index contributed by atoms with van der Waals surface area (Å²) in [6, 6.07) is 0. The number of hydrogen-bond donors (Lipinski definition) is 1. The summed E-state index contributed by atoms with van der Waals surface area (Å²) < 4.78 is 40.0. The van der Waals surface area contributed by atoms with E-state index >= 15 is 0 Å². The van der Waals surface area contributed by atoms with E-state index in [9.17, 15) is 18.0 Å². The highest BCUT2D eigenvalue weighted by Crippen LogP contribution is 2.17. The third kappa shape index (κ3) is 4.43. The van der Waals surface area contributed by atoms with E-state index < -0.39 is 24.7 Å². The van der Waals surface area contributed by atoms with Crippen LogP contribution in [0.4, 0.5) is 13.2 Å². The zero-order valence-electron chi connectivity index (χ0n) is 7.84. The van der Waals surface area contributed by atoms with Gasteiger partial charge in [-0.1, -0.05) is 0 Å². The third-order valence-corrected chi connectivity index (χ3v) is 1.43. The molecule has 1 unspecified atom stereocenters. The molecule has 0 saturated heterocycles. The highest BCUT2D eigenvalue weighted by atomic mass is 19.4. The average Bonchev–Trinajstić information content (AvgIpc) is 2.01. The Labute approximate surface area is 79.3 Å². The summed E-state index contributed by atoms with van der Waals surface area (Å²) in [7, 11) is 2.27.